The highest BCUT2D eigenvalue weighted by atomic mass is 31.1. The predicted octanol–water partition coefficient (Wildman–Crippen LogP) is 8.73. The maximum Gasteiger partial charge on any atom is 0.00966 e. The van der Waals surface area contributed by atoms with Crippen molar-refractivity contribution in [3.05, 3.63) is 84.2 Å². The first-order chi connectivity index (χ1) is 16.3. The summed E-state index contributed by atoms with van der Waals surface area (Å²) in [5.74, 6) is 0.617. The normalized spacial score (nSPS) is 23.2. The SMILES string of the molecule is C[C@H](C1C=CC=C1P(C1CCCCC1)C1CCCCC1)P(c1ccccc1)c1ccccc1. The van der Waals surface area contributed by atoms with Crippen LogP contribution in [-0.2, 0) is 0 Å². The molecule has 0 saturated heterocycles. The summed E-state index contributed by atoms with van der Waals surface area (Å²) in [4.78, 5) is 0. The van der Waals surface area contributed by atoms with Gasteiger partial charge >= 0.3 is 0 Å². The van der Waals surface area contributed by atoms with Crippen LogP contribution in [0, 0.1) is 5.92 Å². The van der Waals surface area contributed by atoms with Crippen molar-refractivity contribution in [3.63, 3.8) is 0 Å². The van der Waals surface area contributed by atoms with E-state index in [-0.39, 0.29) is 7.92 Å². The summed E-state index contributed by atoms with van der Waals surface area (Å²) >= 11 is 0. The highest BCUT2D eigenvalue weighted by Gasteiger charge is 2.39. The molecule has 0 heterocycles. The Labute approximate surface area is 204 Å². The minimum atomic E-state index is -0.391. The van der Waals surface area contributed by atoms with Gasteiger partial charge in [-0.3, -0.25) is 0 Å². The molecule has 1 unspecified atom stereocenters. The lowest BCUT2D eigenvalue weighted by Gasteiger charge is -2.43. The van der Waals surface area contributed by atoms with E-state index in [9.17, 15) is 0 Å². The average molecular weight is 475 g/mol. The van der Waals surface area contributed by atoms with Crippen molar-refractivity contribution < 1.29 is 0 Å². The highest BCUT2D eigenvalue weighted by molar-refractivity contribution is 7.73. The van der Waals surface area contributed by atoms with E-state index in [4.69, 9.17) is 0 Å². The lowest BCUT2D eigenvalue weighted by atomic mass is 9.99. The Bertz CT molecular complexity index is 862. The Balaban J connectivity index is 1.47. The van der Waals surface area contributed by atoms with Crippen LogP contribution in [0.5, 0.6) is 0 Å². The average Bonchev–Trinajstić information content (AvgIpc) is 3.36. The molecule has 2 aromatic rings. The van der Waals surface area contributed by atoms with Gasteiger partial charge in [-0.05, 0) is 66.5 Å². The first-order valence-electron chi connectivity index (χ1n) is 13.4. The van der Waals surface area contributed by atoms with Gasteiger partial charge in [0, 0.05) is 5.92 Å². The zero-order chi connectivity index (χ0) is 22.5. The summed E-state index contributed by atoms with van der Waals surface area (Å²) in [5, 5.41) is 4.94. The first kappa shape index (κ1) is 23.5. The molecule has 0 aromatic heterocycles. The molecule has 0 amide bonds. The number of benzene rings is 2. The van der Waals surface area contributed by atoms with Crippen molar-refractivity contribution in [2.24, 2.45) is 5.92 Å². The van der Waals surface area contributed by atoms with Crippen LogP contribution in [0.15, 0.2) is 84.2 Å². The van der Waals surface area contributed by atoms with E-state index in [1.807, 2.05) is 5.31 Å². The summed E-state index contributed by atoms with van der Waals surface area (Å²) in [6.07, 6.45) is 22.4. The van der Waals surface area contributed by atoms with E-state index in [2.05, 4.69) is 85.8 Å². The van der Waals surface area contributed by atoms with Crippen molar-refractivity contribution in [2.45, 2.75) is 88.1 Å². The minimum Gasteiger partial charge on any atom is -0.0763 e. The number of allylic oxidation sites excluding steroid dienone is 4. The maximum absolute atomic E-state index is 2.60. The van der Waals surface area contributed by atoms with Gasteiger partial charge < -0.3 is 0 Å². The summed E-state index contributed by atoms with van der Waals surface area (Å²) in [7, 11) is -0.415. The third-order valence-electron chi connectivity index (χ3n) is 8.16. The van der Waals surface area contributed by atoms with E-state index in [1.54, 1.807) is 0 Å². The molecule has 174 valence electrons. The topological polar surface area (TPSA) is 0 Å². The number of rotatable bonds is 7. The molecule has 0 nitrogen and oxygen atoms in total. The lowest BCUT2D eigenvalue weighted by Crippen LogP contribution is -2.28. The monoisotopic (exact) mass is 474 g/mol. The van der Waals surface area contributed by atoms with Crippen LogP contribution in [0.2, 0.25) is 0 Å². The largest absolute Gasteiger partial charge is 0.0763 e. The molecule has 2 aromatic carbocycles. The zero-order valence-electron chi connectivity index (χ0n) is 20.3. The van der Waals surface area contributed by atoms with E-state index in [0.717, 1.165) is 11.3 Å². The van der Waals surface area contributed by atoms with Crippen LogP contribution in [0.1, 0.15) is 71.1 Å². The second-order valence-electron chi connectivity index (χ2n) is 10.3. The van der Waals surface area contributed by atoms with Crippen LogP contribution >= 0.6 is 15.8 Å². The van der Waals surface area contributed by atoms with Crippen molar-refractivity contribution in [2.75, 3.05) is 0 Å². The summed E-state index contributed by atoms with van der Waals surface area (Å²) in [6.45, 7) is 2.56. The van der Waals surface area contributed by atoms with Crippen LogP contribution in [0.25, 0.3) is 0 Å². The van der Waals surface area contributed by atoms with Gasteiger partial charge in [0.05, 0.1) is 0 Å². The van der Waals surface area contributed by atoms with Crippen molar-refractivity contribution in [3.8, 4) is 0 Å². The van der Waals surface area contributed by atoms with E-state index in [0.29, 0.717) is 11.6 Å². The van der Waals surface area contributed by atoms with Gasteiger partial charge in [0.15, 0.2) is 0 Å². The molecule has 2 saturated carbocycles. The fourth-order valence-electron chi connectivity index (χ4n) is 6.55. The van der Waals surface area contributed by atoms with Crippen LogP contribution < -0.4 is 10.6 Å². The first-order valence-corrected chi connectivity index (χ1v) is 16.3. The van der Waals surface area contributed by atoms with Crippen molar-refractivity contribution in [1.82, 2.24) is 0 Å². The molecule has 0 radical (unpaired) electrons. The van der Waals surface area contributed by atoms with E-state index < -0.39 is 7.92 Å². The molecule has 0 aliphatic heterocycles. The Morgan fingerprint density at radius 1 is 0.667 bits per heavy atom. The summed E-state index contributed by atoms with van der Waals surface area (Å²) in [6, 6.07) is 22.8. The van der Waals surface area contributed by atoms with Gasteiger partial charge in [0.2, 0.25) is 0 Å². The molecule has 0 spiro atoms. The molecule has 2 atom stereocenters. The Morgan fingerprint density at radius 2 is 1.15 bits per heavy atom. The summed E-state index contributed by atoms with van der Waals surface area (Å²) in [5.41, 5.74) is 2.60. The third-order valence-corrected chi connectivity index (χ3v) is 14.7. The Morgan fingerprint density at radius 3 is 1.64 bits per heavy atom. The standard InChI is InChI=1S/C31H40P2/c1-25(32(26-15-6-2-7-16-26)27-17-8-3-9-18-27)30-23-14-24-31(30)33(28-19-10-4-11-20-28)29-21-12-5-13-22-29/h2-3,6-9,14-18,23-25,28-30H,4-5,10-13,19-22H2,1H3/t25-,30?/m1/s1. The molecular weight excluding hydrogens is 434 g/mol. The molecule has 33 heavy (non-hydrogen) atoms. The smallest absolute Gasteiger partial charge is 0.00966 e. The van der Waals surface area contributed by atoms with Gasteiger partial charge in [-0.2, -0.15) is 0 Å². The molecule has 2 fully saturated rings. The highest BCUT2D eigenvalue weighted by Crippen LogP contribution is 2.65. The quantitative estimate of drug-likeness (QED) is 0.352. The van der Waals surface area contributed by atoms with Gasteiger partial charge in [-0.1, -0.05) is 132 Å². The van der Waals surface area contributed by atoms with Crippen molar-refractivity contribution in [1.29, 1.82) is 0 Å². The van der Waals surface area contributed by atoms with E-state index >= 15 is 0 Å². The zero-order valence-corrected chi connectivity index (χ0v) is 22.1. The second-order valence-corrected chi connectivity index (χ2v) is 15.7. The van der Waals surface area contributed by atoms with Gasteiger partial charge in [-0.15, -0.1) is 0 Å². The summed E-state index contributed by atoms with van der Waals surface area (Å²) < 4.78 is 0. The fourth-order valence-corrected chi connectivity index (χ4v) is 13.7. The number of hydrogen-bond donors (Lipinski definition) is 0. The molecule has 2 heteroatoms. The van der Waals surface area contributed by atoms with Gasteiger partial charge in [0.25, 0.3) is 0 Å². The molecular formula is C31H40P2. The second kappa shape index (κ2) is 11.5. The van der Waals surface area contributed by atoms with Crippen LogP contribution in [-0.4, -0.2) is 17.0 Å². The Hall–Kier alpha value is -1.22. The molecule has 3 aliphatic rings. The lowest BCUT2D eigenvalue weighted by molar-refractivity contribution is 0.485. The van der Waals surface area contributed by atoms with Crippen LogP contribution in [0.4, 0.5) is 0 Å². The molecule has 5 rings (SSSR count). The molecule has 3 aliphatic carbocycles. The maximum atomic E-state index is 2.60. The third kappa shape index (κ3) is 5.39. The van der Waals surface area contributed by atoms with Crippen LogP contribution in [0.3, 0.4) is 0 Å². The predicted molar refractivity (Wildman–Crippen MR) is 150 cm³/mol. The fraction of sp³-hybridized carbons (Fsp3) is 0.484. The molecule has 0 bridgehead atoms. The van der Waals surface area contributed by atoms with Gasteiger partial charge in [0.1, 0.15) is 0 Å². The number of hydrogen-bond acceptors (Lipinski definition) is 0. The van der Waals surface area contributed by atoms with Gasteiger partial charge in [-0.25, -0.2) is 0 Å². The van der Waals surface area contributed by atoms with E-state index in [1.165, 1.54) is 74.8 Å². The Kier molecular flexibility index (Phi) is 8.18. The van der Waals surface area contributed by atoms with Crippen molar-refractivity contribution >= 4 is 26.5 Å². The molecule has 0 N–H and O–H groups in total. The minimum absolute atomic E-state index is 0.0235.